The Morgan fingerprint density at radius 2 is 1.94 bits per heavy atom. The molecule has 1 saturated carbocycles. The fourth-order valence-electron chi connectivity index (χ4n) is 2.89. The molecule has 0 radical (unpaired) electrons. The first-order chi connectivity index (χ1) is 8.63. The number of hydrogen-bond donors (Lipinski definition) is 1. The minimum absolute atomic E-state index is 0.111. The Morgan fingerprint density at radius 3 is 2.56 bits per heavy atom. The Labute approximate surface area is 108 Å². The fraction of sp³-hybridized carbons (Fsp3) is 0.600. The highest BCUT2D eigenvalue weighted by atomic mass is 19.1. The van der Waals surface area contributed by atoms with E-state index in [2.05, 4.69) is 6.92 Å². The van der Waals surface area contributed by atoms with E-state index >= 15 is 0 Å². The van der Waals surface area contributed by atoms with Gasteiger partial charge in [-0.15, -0.1) is 0 Å². The van der Waals surface area contributed by atoms with Crippen LogP contribution in [0.5, 0.6) is 0 Å². The molecule has 3 heteroatoms. The summed E-state index contributed by atoms with van der Waals surface area (Å²) >= 11 is 0. The maximum Gasteiger partial charge on any atom is 0.146 e. The van der Waals surface area contributed by atoms with Crippen LogP contribution in [-0.4, -0.2) is 18.2 Å². The van der Waals surface area contributed by atoms with Crippen molar-refractivity contribution in [3.05, 3.63) is 29.6 Å². The van der Waals surface area contributed by atoms with Crippen LogP contribution in [0.15, 0.2) is 18.2 Å². The van der Waals surface area contributed by atoms with Gasteiger partial charge in [0.25, 0.3) is 0 Å². The van der Waals surface area contributed by atoms with Gasteiger partial charge in [0.15, 0.2) is 0 Å². The minimum Gasteiger partial charge on any atom is -0.392 e. The highest BCUT2D eigenvalue weighted by molar-refractivity contribution is 5.55. The first-order valence-electron chi connectivity index (χ1n) is 6.74. The topological polar surface area (TPSA) is 23.5 Å². The van der Waals surface area contributed by atoms with Gasteiger partial charge in [-0.25, -0.2) is 4.39 Å². The fourth-order valence-corrected chi connectivity index (χ4v) is 2.89. The highest BCUT2D eigenvalue weighted by Crippen LogP contribution is 2.32. The quantitative estimate of drug-likeness (QED) is 0.890. The minimum atomic E-state index is -0.234. The summed E-state index contributed by atoms with van der Waals surface area (Å²) in [6, 6.07) is 5.31. The van der Waals surface area contributed by atoms with Crippen molar-refractivity contribution in [1.82, 2.24) is 0 Å². The Bertz CT molecular complexity index is 399. The molecule has 1 N–H and O–H groups in total. The van der Waals surface area contributed by atoms with E-state index in [0.717, 1.165) is 18.8 Å². The number of rotatable bonds is 3. The average Bonchev–Trinajstić information content (AvgIpc) is 2.38. The van der Waals surface area contributed by atoms with Gasteiger partial charge in [0.2, 0.25) is 0 Å². The molecule has 2 nitrogen and oxygen atoms in total. The molecule has 0 heterocycles. The molecule has 0 unspecified atom stereocenters. The number of benzene rings is 1. The zero-order chi connectivity index (χ0) is 13.1. The number of aliphatic hydroxyl groups is 1. The summed E-state index contributed by atoms with van der Waals surface area (Å²) in [5.74, 6) is 0.551. The molecule has 0 aliphatic heterocycles. The molecule has 0 saturated heterocycles. The monoisotopic (exact) mass is 251 g/mol. The summed E-state index contributed by atoms with van der Waals surface area (Å²) in [5, 5.41) is 9.34. The zero-order valence-electron chi connectivity index (χ0n) is 11.2. The molecule has 0 bridgehead atoms. The van der Waals surface area contributed by atoms with Crippen molar-refractivity contribution in [2.24, 2.45) is 5.92 Å². The molecule has 0 amide bonds. The van der Waals surface area contributed by atoms with Crippen molar-refractivity contribution in [3.8, 4) is 0 Å². The van der Waals surface area contributed by atoms with Crippen LogP contribution in [-0.2, 0) is 6.61 Å². The van der Waals surface area contributed by atoms with Gasteiger partial charge in [-0.2, -0.15) is 0 Å². The molecule has 18 heavy (non-hydrogen) atoms. The van der Waals surface area contributed by atoms with E-state index < -0.39 is 0 Å². The van der Waals surface area contributed by atoms with Gasteiger partial charge >= 0.3 is 0 Å². The Hall–Kier alpha value is -1.09. The van der Waals surface area contributed by atoms with E-state index in [0.29, 0.717) is 17.3 Å². The van der Waals surface area contributed by atoms with Crippen molar-refractivity contribution in [3.63, 3.8) is 0 Å². The van der Waals surface area contributed by atoms with E-state index in [-0.39, 0.29) is 12.4 Å². The number of aliphatic hydroxyl groups excluding tert-OH is 1. The molecule has 2 rings (SSSR count). The van der Waals surface area contributed by atoms with Gasteiger partial charge in [-0.3, -0.25) is 0 Å². The summed E-state index contributed by atoms with van der Waals surface area (Å²) in [6.45, 7) is 2.17. The van der Waals surface area contributed by atoms with Crippen LogP contribution in [0.4, 0.5) is 10.1 Å². The smallest absolute Gasteiger partial charge is 0.146 e. The first kappa shape index (κ1) is 13.3. The van der Waals surface area contributed by atoms with Gasteiger partial charge in [-0.05, 0) is 37.7 Å². The highest BCUT2D eigenvalue weighted by Gasteiger charge is 2.24. The van der Waals surface area contributed by atoms with Crippen molar-refractivity contribution < 1.29 is 9.50 Å². The van der Waals surface area contributed by atoms with Gasteiger partial charge in [-0.1, -0.05) is 19.1 Å². The standard InChI is InChI=1S/C15H22FNO/c1-11-6-8-13(9-7-11)17(2)15-12(10-18)4-3-5-14(15)16/h3-5,11,13,18H,6-10H2,1-2H3. The van der Waals surface area contributed by atoms with Crippen LogP contribution >= 0.6 is 0 Å². The molecule has 1 aromatic carbocycles. The maximum atomic E-state index is 14.0. The maximum absolute atomic E-state index is 14.0. The van der Waals surface area contributed by atoms with Gasteiger partial charge in [0, 0.05) is 18.7 Å². The molecule has 0 spiro atoms. The Kier molecular flexibility index (Phi) is 4.23. The molecule has 1 aromatic rings. The van der Waals surface area contributed by atoms with Gasteiger partial charge < -0.3 is 10.0 Å². The van der Waals surface area contributed by atoms with Crippen molar-refractivity contribution in [1.29, 1.82) is 0 Å². The number of halogens is 1. The van der Waals surface area contributed by atoms with E-state index in [1.54, 1.807) is 12.1 Å². The van der Waals surface area contributed by atoms with Crippen LogP contribution in [0, 0.1) is 11.7 Å². The second-order valence-electron chi connectivity index (χ2n) is 5.43. The predicted molar refractivity (Wildman–Crippen MR) is 72.1 cm³/mol. The van der Waals surface area contributed by atoms with E-state index in [9.17, 15) is 9.50 Å². The molecule has 1 aliphatic carbocycles. The molecule has 0 atom stereocenters. The van der Waals surface area contributed by atoms with Crippen LogP contribution in [0.1, 0.15) is 38.2 Å². The Balaban J connectivity index is 2.20. The van der Waals surface area contributed by atoms with Gasteiger partial charge in [0.1, 0.15) is 5.82 Å². The summed E-state index contributed by atoms with van der Waals surface area (Å²) in [7, 11) is 1.94. The lowest BCUT2D eigenvalue weighted by molar-refractivity contribution is 0.280. The van der Waals surface area contributed by atoms with Crippen LogP contribution in [0.2, 0.25) is 0 Å². The predicted octanol–water partition coefficient (Wildman–Crippen LogP) is 3.33. The van der Waals surface area contributed by atoms with Crippen LogP contribution in [0.3, 0.4) is 0 Å². The molecule has 0 aromatic heterocycles. The molecule has 1 fully saturated rings. The average molecular weight is 251 g/mol. The SMILES string of the molecule is CC1CCC(N(C)c2c(F)cccc2CO)CC1. The van der Waals surface area contributed by atoms with Crippen molar-refractivity contribution in [2.45, 2.75) is 45.3 Å². The normalized spacial score (nSPS) is 24.0. The first-order valence-corrected chi connectivity index (χ1v) is 6.74. The number of para-hydroxylation sites is 1. The third-order valence-corrected chi connectivity index (χ3v) is 4.13. The summed E-state index contributed by atoms with van der Waals surface area (Å²) in [6.07, 6.45) is 4.63. The Morgan fingerprint density at radius 1 is 1.28 bits per heavy atom. The summed E-state index contributed by atoms with van der Waals surface area (Å²) in [4.78, 5) is 2.02. The van der Waals surface area contributed by atoms with E-state index in [1.165, 1.54) is 18.9 Å². The van der Waals surface area contributed by atoms with Crippen molar-refractivity contribution in [2.75, 3.05) is 11.9 Å². The second-order valence-corrected chi connectivity index (χ2v) is 5.43. The van der Waals surface area contributed by atoms with E-state index in [4.69, 9.17) is 0 Å². The lowest BCUT2D eigenvalue weighted by Crippen LogP contribution is -2.36. The molecule has 100 valence electrons. The largest absolute Gasteiger partial charge is 0.392 e. The molecular weight excluding hydrogens is 229 g/mol. The summed E-state index contributed by atoms with van der Waals surface area (Å²) in [5.41, 5.74) is 1.25. The van der Waals surface area contributed by atoms with E-state index in [1.807, 2.05) is 11.9 Å². The molecular formula is C15H22FNO. The lowest BCUT2D eigenvalue weighted by Gasteiger charge is -2.36. The third kappa shape index (κ3) is 2.66. The number of anilines is 1. The number of hydrogen-bond acceptors (Lipinski definition) is 2. The lowest BCUT2D eigenvalue weighted by atomic mass is 9.86. The van der Waals surface area contributed by atoms with Crippen LogP contribution in [0.25, 0.3) is 0 Å². The second kappa shape index (κ2) is 5.70. The van der Waals surface area contributed by atoms with Gasteiger partial charge in [0.05, 0.1) is 12.3 Å². The molecule has 1 aliphatic rings. The zero-order valence-corrected chi connectivity index (χ0v) is 11.2. The number of nitrogens with zero attached hydrogens (tertiary/aromatic N) is 1. The third-order valence-electron chi connectivity index (χ3n) is 4.13. The summed E-state index contributed by atoms with van der Waals surface area (Å²) < 4.78 is 14.0. The van der Waals surface area contributed by atoms with Crippen molar-refractivity contribution >= 4 is 5.69 Å². The van der Waals surface area contributed by atoms with Crippen LogP contribution < -0.4 is 4.90 Å².